The molecule has 0 aromatic heterocycles. The van der Waals surface area contributed by atoms with E-state index in [0.29, 0.717) is 0 Å². The zero-order chi connectivity index (χ0) is 9.84. The Bertz CT molecular complexity index is 182. The Hall–Kier alpha value is -0.610. The Labute approximate surface area is 78.3 Å². The Morgan fingerprint density at radius 2 is 2.31 bits per heavy atom. The van der Waals surface area contributed by atoms with Crippen LogP contribution in [0.25, 0.3) is 0 Å². The molecule has 4 heteroatoms. The molecule has 76 valence electrons. The lowest BCUT2D eigenvalue weighted by atomic mass is 10.2. The van der Waals surface area contributed by atoms with Gasteiger partial charge in [0.25, 0.3) is 0 Å². The quantitative estimate of drug-likeness (QED) is 0.656. The van der Waals surface area contributed by atoms with E-state index in [2.05, 4.69) is 5.32 Å². The molecule has 1 saturated carbocycles. The van der Waals surface area contributed by atoms with Crippen LogP contribution in [-0.4, -0.2) is 36.4 Å². The normalized spacial score (nSPS) is 30.1. The molecular weight excluding hydrogens is 170 g/mol. The summed E-state index contributed by atoms with van der Waals surface area (Å²) < 4.78 is 5.17. The molecule has 0 saturated heterocycles. The van der Waals surface area contributed by atoms with Gasteiger partial charge in [0.05, 0.1) is 6.10 Å². The van der Waals surface area contributed by atoms with Crippen molar-refractivity contribution in [1.29, 1.82) is 0 Å². The van der Waals surface area contributed by atoms with Gasteiger partial charge >= 0.3 is 0 Å². The van der Waals surface area contributed by atoms with Crippen molar-refractivity contribution in [3.63, 3.8) is 0 Å². The van der Waals surface area contributed by atoms with E-state index >= 15 is 0 Å². The number of aliphatic hydroxyl groups excluding tert-OH is 1. The molecule has 0 aromatic rings. The largest absolute Gasteiger partial charge is 0.384 e. The van der Waals surface area contributed by atoms with Gasteiger partial charge < -0.3 is 15.2 Å². The molecule has 0 aliphatic heterocycles. The van der Waals surface area contributed by atoms with Crippen molar-refractivity contribution in [2.75, 3.05) is 7.11 Å². The second-order valence-electron chi connectivity index (χ2n) is 3.55. The molecule has 0 bridgehead atoms. The van der Waals surface area contributed by atoms with Crippen LogP contribution in [0, 0.1) is 0 Å². The van der Waals surface area contributed by atoms with Crippen molar-refractivity contribution < 1.29 is 14.6 Å². The summed E-state index contributed by atoms with van der Waals surface area (Å²) >= 11 is 0. The number of carbonyl (C=O) groups is 1. The molecule has 1 fully saturated rings. The van der Waals surface area contributed by atoms with E-state index in [-0.39, 0.29) is 18.1 Å². The smallest absolute Gasteiger partial charge is 0.248 e. The maximum atomic E-state index is 11.1. The van der Waals surface area contributed by atoms with E-state index < -0.39 is 6.10 Å². The van der Waals surface area contributed by atoms with Crippen molar-refractivity contribution in [2.24, 2.45) is 0 Å². The molecule has 0 heterocycles. The lowest BCUT2D eigenvalue weighted by Crippen LogP contribution is -2.39. The number of nitrogens with one attached hydrogen (secondary N) is 1. The summed E-state index contributed by atoms with van der Waals surface area (Å²) in [5, 5.41) is 11.7. The van der Waals surface area contributed by atoms with Crippen molar-refractivity contribution in [1.82, 2.24) is 5.32 Å². The first-order valence-electron chi connectivity index (χ1n) is 4.64. The maximum absolute atomic E-state index is 11.1. The third kappa shape index (κ3) is 2.97. The van der Waals surface area contributed by atoms with E-state index in [4.69, 9.17) is 9.84 Å². The van der Waals surface area contributed by atoms with Gasteiger partial charge in [0.1, 0.15) is 6.10 Å². The first kappa shape index (κ1) is 10.5. The topological polar surface area (TPSA) is 58.6 Å². The van der Waals surface area contributed by atoms with E-state index in [1.54, 1.807) is 7.11 Å². The number of ether oxygens (including phenoxy) is 1. The molecule has 1 amide bonds. The fourth-order valence-electron chi connectivity index (χ4n) is 1.61. The molecule has 1 rings (SSSR count). The summed E-state index contributed by atoms with van der Waals surface area (Å²) in [6.07, 6.45) is 2.13. The Kier molecular flexibility index (Phi) is 3.69. The third-order valence-electron chi connectivity index (χ3n) is 2.44. The molecule has 2 N–H and O–H groups in total. The van der Waals surface area contributed by atoms with Crippen molar-refractivity contribution >= 4 is 5.91 Å². The molecule has 13 heavy (non-hydrogen) atoms. The number of rotatable bonds is 3. The lowest BCUT2D eigenvalue weighted by Gasteiger charge is -2.13. The first-order chi connectivity index (χ1) is 6.13. The standard InChI is InChI=1S/C9H17NO3/c1-6(11)9(12)10-7-3-4-8(5-7)13-2/h6-8,11H,3-5H2,1-2H3,(H,10,12). The molecule has 4 nitrogen and oxygen atoms in total. The Morgan fingerprint density at radius 3 is 2.77 bits per heavy atom. The highest BCUT2D eigenvalue weighted by molar-refractivity contribution is 5.80. The second-order valence-corrected chi connectivity index (χ2v) is 3.55. The number of methoxy groups -OCH3 is 1. The van der Waals surface area contributed by atoms with Gasteiger partial charge in [0.15, 0.2) is 0 Å². The summed E-state index contributed by atoms with van der Waals surface area (Å²) in [4.78, 5) is 11.1. The van der Waals surface area contributed by atoms with Gasteiger partial charge in [-0.15, -0.1) is 0 Å². The fraction of sp³-hybridized carbons (Fsp3) is 0.889. The van der Waals surface area contributed by atoms with E-state index in [1.165, 1.54) is 6.92 Å². The Balaban J connectivity index is 2.28. The summed E-state index contributed by atoms with van der Waals surface area (Å²) in [6, 6.07) is 0.173. The van der Waals surface area contributed by atoms with Crippen LogP contribution in [0.15, 0.2) is 0 Å². The molecule has 1 aliphatic rings. The monoisotopic (exact) mass is 187 g/mol. The van der Waals surface area contributed by atoms with Crippen LogP contribution >= 0.6 is 0 Å². The molecule has 3 atom stereocenters. The number of hydrogen-bond acceptors (Lipinski definition) is 3. The van der Waals surface area contributed by atoms with Crippen LogP contribution in [0.2, 0.25) is 0 Å². The van der Waals surface area contributed by atoms with Crippen molar-refractivity contribution in [3.8, 4) is 0 Å². The number of amides is 1. The summed E-state index contributed by atoms with van der Waals surface area (Å²) in [6.45, 7) is 1.47. The van der Waals surface area contributed by atoms with Crippen LogP contribution in [0.4, 0.5) is 0 Å². The van der Waals surface area contributed by atoms with Crippen LogP contribution < -0.4 is 5.32 Å². The van der Waals surface area contributed by atoms with Crippen molar-refractivity contribution in [2.45, 2.75) is 44.4 Å². The molecule has 1 aliphatic carbocycles. The van der Waals surface area contributed by atoms with Crippen LogP contribution in [0.5, 0.6) is 0 Å². The highest BCUT2D eigenvalue weighted by Crippen LogP contribution is 2.21. The van der Waals surface area contributed by atoms with Gasteiger partial charge in [0, 0.05) is 13.2 Å². The fourth-order valence-corrected chi connectivity index (χ4v) is 1.61. The highest BCUT2D eigenvalue weighted by atomic mass is 16.5. The number of aliphatic hydroxyl groups is 1. The van der Waals surface area contributed by atoms with E-state index in [1.807, 2.05) is 0 Å². The maximum Gasteiger partial charge on any atom is 0.248 e. The summed E-state index contributed by atoms with van der Waals surface area (Å²) in [7, 11) is 1.68. The summed E-state index contributed by atoms with van der Waals surface area (Å²) in [5.41, 5.74) is 0. The summed E-state index contributed by atoms with van der Waals surface area (Å²) in [5.74, 6) is -0.290. The number of hydrogen-bond donors (Lipinski definition) is 2. The Morgan fingerprint density at radius 1 is 1.62 bits per heavy atom. The SMILES string of the molecule is COC1CCC(NC(=O)C(C)O)C1. The first-order valence-corrected chi connectivity index (χ1v) is 4.64. The molecule has 3 unspecified atom stereocenters. The zero-order valence-electron chi connectivity index (χ0n) is 8.12. The van der Waals surface area contributed by atoms with Crippen molar-refractivity contribution in [3.05, 3.63) is 0 Å². The second kappa shape index (κ2) is 4.58. The van der Waals surface area contributed by atoms with Gasteiger partial charge in [0.2, 0.25) is 5.91 Å². The predicted molar refractivity (Wildman–Crippen MR) is 48.3 cm³/mol. The number of carbonyl (C=O) groups excluding carboxylic acids is 1. The van der Waals surface area contributed by atoms with E-state index in [0.717, 1.165) is 19.3 Å². The minimum Gasteiger partial charge on any atom is -0.384 e. The minimum atomic E-state index is -0.915. The van der Waals surface area contributed by atoms with Crippen LogP contribution in [0.3, 0.4) is 0 Å². The van der Waals surface area contributed by atoms with Gasteiger partial charge in [-0.2, -0.15) is 0 Å². The molecule has 0 spiro atoms. The lowest BCUT2D eigenvalue weighted by molar-refractivity contribution is -0.129. The molecule has 0 radical (unpaired) electrons. The average Bonchev–Trinajstić information content (AvgIpc) is 2.52. The average molecular weight is 187 g/mol. The van der Waals surface area contributed by atoms with Crippen LogP contribution in [0.1, 0.15) is 26.2 Å². The minimum absolute atomic E-state index is 0.173. The van der Waals surface area contributed by atoms with Gasteiger partial charge in [-0.1, -0.05) is 0 Å². The van der Waals surface area contributed by atoms with Crippen LogP contribution in [-0.2, 0) is 9.53 Å². The van der Waals surface area contributed by atoms with Gasteiger partial charge in [-0.25, -0.2) is 0 Å². The zero-order valence-corrected chi connectivity index (χ0v) is 8.12. The third-order valence-corrected chi connectivity index (χ3v) is 2.44. The molecular formula is C9H17NO3. The van der Waals surface area contributed by atoms with E-state index in [9.17, 15) is 4.79 Å². The van der Waals surface area contributed by atoms with Gasteiger partial charge in [-0.05, 0) is 26.2 Å². The predicted octanol–water partition coefficient (Wildman–Crippen LogP) is 0.0509. The van der Waals surface area contributed by atoms with Gasteiger partial charge in [-0.3, -0.25) is 4.79 Å². The molecule has 0 aromatic carbocycles. The highest BCUT2D eigenvalue weighted by Gasteiger charge is 2.26.